The molecule has 1 saturated heterocycles. The molecule has 3 nitrogen and oxygen atoms in total. The lowest BCUT2D eigenvalue weighted by Crippen LogP contribution is -2.30. The van der Waals surface area contributed by atoms with Crippen LogP contribution in [0.25, 0.3) is 0 Å². The second kappa shape index (κ2) is 3.90. The summed E-state index contributed by atoms with van der Waals surface area (Å²) in [6.07, 6.45) is 1.03. The molecule has 1 aliphatic heterocycles. The van der Waals surface area contributed by atoms with Crippen LogP contribution in [0.5, 0.6) is 0 Å². The van der Waals surface area contributed by atoms with Gasteiger partial charge in [-0.1, -0.05) is 6.92 Å². The van der Waals surface area contributed by atoms with Crippen LogP contribution in [0.15, 0.2) is 0 Å². The van der Waals surface area contributed by atoms with Gasteiger partial charge < -0.3 is 10.2 Å². The van der Waals surface area contributed by atoms with Gasteiger partial charge in [0, 0.05) is 19.5 Å². The van der Waals surface area contributed by atoms with Gasteiger partial charge in [-0.25, -0.2) is 0 Å². The average molecular weight is 170 g/mol. The molecule has 3 heteroatoms. The van der Waals surface area contributed by atoms with Crippen LogP contribution in [-0.2, 0) is 4.79 Å². The van der Waals surface area contributed by atoms with Gasteiger partial charge in [-0.2, -0.15) is 0 Å². The van der Waals surface area contributed by atoms with Crippen LogP contribution in [0, 0.1) is 11.8 Å². The Bertz CT molecular complexity index is 170. The second-order valence-electron chi connectivity index (χ2n) is 3.69. The van der Waals surface area contributed by atoms with E-state index in [9.17, 15) is 4.79 Å². The fourth-order valence-electron chi connectivity index (χ4n) is 1.84. The zero-order valence-corrected chi connectivity index (χ0v) is 8.13. The van der Waals surface area contributed by atoms with Crippen LogP contribution in [0.1, 0.15) is 13.3 Å². The first-order valence-corrected chi connectivity index (χ1v) is 4.56. The molecule has 0 aromatic rings. The number of likely N-dealkylation sites (tertiary alicyclic amines) is 1. The lowest BCUT2D eigenvalue weighted by molar-refractivity contribution is -0.131. The van der Waals surface area contributed by atoms with Gasteiger partial charge in [-0.3, -0.25) is 4.79 Å². The van der Waals surface area contributed by atoms with Crippen LogP contribution >= 0.6 is 0 Å². The number of carbonyl (C=O) groups is 1. The molecule has 0 aromatic heterocycles. The third kappa shape index (κ3) is 1.78. The minimum Gasteiger partial charge on any atom is -0.345 e. The van der Waals surface area contributed by atoms with Gasteiger partial charge in [0.05, 0.1) is 0 Å². The van der Waals surface area contributed by atoms with E-state index in [1.165, 1.54) is 0 Å². The standard InChI is InChI=1S/C9H18N2O/c1-7(6-10-2)8-4-5-11(3)9(8)12/h7-8,10H,4-6H2,1-3H3. The Morgan fingerprint density at radius 1 is 1.75 bits per heavy atom. The summed E-state index contributed by atoms with van der Waals surface area (Å²) in [6.45, 7) is 4.00. The molecule has 12 heavy (non-hydrogen) atoms. The van der Waals surface area contributed by atoms with E-state index < -0.39 is 0 Å². The number of hydrogen-bond donors (Lipinski definition) is 1. The molecule has 0 radical (unpaired) electrons. The lowest BCUT2D eigenvalue weighted by Gasteiger charge is -2.17. The van der Waals surface area contributed by atoms with E-state index in [0.717, 1.165) is 19.5 Å². The van der Waals surface area contributed by atoms with Gasteiger partial charge in [-0.15, -0.1) is 0 Å². The van der Waals surface area contributed by atoms with Gasteiger partial charge in [0.15, 0.2) is 0 Å². The van der Waals surface area contributed by atoms with E-state index >= 15 is 0 Å². The zero-order chi connectivity index (χ0) is 9.14. The molecule has 1 aliphatic rings. The van der Waals surface area contributed by atoms with Crippen LogP contribution in [0.2, 0.25) is 0 Å². The Morgan fingerprint density at radius 3 is 2.83 bits per heavy atom. The molecule has 1 rings (SSSR count). The number of rotatable bonds is 3. The summed E-state index contributed by atoms with van der Waals surface area (Å²) in [6, 6.07) is 0. The molecule has 1 N–H and O–H groups in total. The average Bonchev–Trinajstić information content (AvgIpc) is 2.34. The quantitative estimate of drug-likeness (QED) is 0.661. The minimum atomic E-state index is 0.252. The largest absolute Gasteiger partial charge is 0.345 e. The van der Waals surface area contributed by atoms with Crippen molar-refractivity contribution in [2.24, 2.45) is 11.8 Å². The third-order valence-electron chi connectivity index (χ3n) is 2.68. The highest BCUT2D eigenvalue weighted by atomic mass is 16.2. The number of nitrogens with one attached hydrogen (secondary N) is 1. The summed E-state index contributed by atoms with van der Waals surface area (Å²) < 4.78 is 0. The molecule has 2 unspecified atom stereocenters. The summed E-state index contributed by atoms with van der Waals surface area (Å²) in [5.74, 6) is 1.03. The van der Waals surface area contributed by atoms with Crippen LogP contribution in [0.3, 0.4) is 0 Å². The monoisotopic (exact) mass is 170 g/mol. The molecule has 0 spiro atoms. The van der Waals surface area contributed by atoms with E-state index in [1.807, 2.05) is 19.0 Å². The predicted molar refractivity (Wildman–Crippen MR) is 48.8 cm³/mol. The summed E-state index contributed by atoms with van der Waals surface area (Å²) in [5.41, 5.74) is 0. The van der Waals surface area contributed by atoms with E-state index in [1.54, 1.807) is 0 Å². The highest BCUT2D eigenvalue weighted by Crippen LogP contribution is 2.23. The van der Waals surface area contributed by atoms with Crippen molar-refractivity contribution in [1.29, 1.82) is 0 Å². The number of amides is 1. The van der Waals surface area contributed by atoms with Crippen molar-refractivity contribution in [3.8, 4) is 0 Å². The van der Waals surface area contributed by atoms with Crippen molar-refractivity contribution in [3.63, 3.8) is 0 Å². The van der Waals surface area contributed by atoms with Crippen LogP contribution < -0.4 is 5.32 Å². The highest BCUT2D eigenvalue weighted by Gasteiger charge is 2.32. The number of carbonyl (C=O) groups excluding carboxylic acids is 1. The molecular weight excluding hydrogens is 152 g/mol. The van der Waals surface area contributed by atoms with Crippen molar-refractivity contribution in [3.05, 3.63) is 0 Å². The Balaban J connectivity index is 2.47. The topological polar surface area (TPSA) is 32.3 Å². The Hall–Kier alpha value is -0.570. The first kappa shape index (κ1) is 9.52. The molecule has 0 bridgehead atoms. The fraction of sp³-hybridized carbons (Fsp3) is 0.889. The normalized spacial score (nSPS) is 26.4. The Morgan fingerprint density at radius 2 is 2.42 bits per heavy atom. The van der Waals surface area contributed by atoms with Crippen molar-refractivity contribution in [2.75, 3.05) is 27.2 Å². The maximum atomic E-state index is 11.5. The maximum Gasteiger partial charge on any atom is 0.225 e. The first-order chi connectivity index (χ1) is 5.66. The molecule has 1 fully saturated rings. The Labute approximate surface area is 74.1 Å². The number of nitrogens with zero attached hydrogens (tertiary/aromatic N) is 1. The van der Waals surface area contributed by atoms with Gasteiger partial charge in [0.2, 0.25) is 5.91 Å². The van der Waals surface area contributed by atoms with E-state index in [0.29, 0.717) is 11.8 Å². The first-order valence-electron chi connectivity index (χ1n) is 4.56. The van der Waals surface area contributed by atoms with Gasteiger partial charge in [0.1, 0.15) is 0 Å². The smallest absolute Gasteiger partial charge is 0.225 e. The van der Waals surface area contributed by atoms with E-state index in [2.05, 4.69) is 12.2 Å². The lowest BCUT2D eigenvalue weighted by atomic mass is 9.93. The summed E-state index contributed by atoms with van der Waals surface area (Å²) in [7, 11) is 3.81. The molecule has 0 saturated carbocycles. The molecule has 1 heterocycles. The summed E-state index contributed by atoms with van der Waals surface area (Å²) in [4.78, 5) is 13.3. The van der Waals surface area contributed by atoms with Crippen LogP contribution in [-0.4, -0.2) is 38.0 Å². The van der Waals surface area contributed by atoms with Crippen molar-refractivity contribution in [1.82, 2.24) is 10.2 Å². The molecule has 0 aliphatic carbocycles. The van der Waals surface area contributed by atoms with E-state index in [4.69, 9.17) is 0 Å². The molecule has 1 amide bonds. The minimum absolute atomic E-state index is 0.252. The van der Waals surface area contributed by atoms with Gasteiger partial charge in [-0.05, 0) is 25.9 Å². The van der Waals surface area contributed by atoms with Crippen molar-refractivity contribution >= 4 is 5.91 Å². The molecule has 2 atom stereocenters. The maximum absolute atomic E-state index is 11.5. The molecular formula is C9H18N2O. The third-order valence-corrected chi connectivity index (χ3v) is 2.68. The van der Waals surface area contributed by atoms with E-state index in [-0.39, 0.29) is 5.92 Å². The summed E-state index contributed by atoms with van der Waals surface area (Å²) >= 11 is 0. The van der Waals surface area contributed by atoms with Gasteiger partial charge in [0.25, 0.3) is 0 Å². The zero-order valence-electron chi connectivity index (χ0n) is 8.13. The van der Waals surface area contributed by atoms with Crippen molar-refractivity contribution in [2.45, 2.75) is 13.3 Å². The molecule has 0 aromatic carbocycles. The SMILES string of the molecule is CNCC(C)C1CCN(C)C1=O. The highest BCUT2D eigenvalue weighted by molar-refractivity contribution is 5.80. The van der Waals surface area contributed by atoms with Gasteiger partial charge >= 0.3 is 0 Å². The summed E-state index contributed by atoms with van der Waals surface area (Å²) in [5, 5.41) is 3.11. The predicted octanol–water partition coefficient (Wildman–Crippen LogP) is 0.320. The molecule has 70 valence electrons. The Kier molecular flexibility index (Phi) is 3.09. The number of hydrogen-bond acceptors (Lipinski definition) is 2. The fourth-order valence-corrected chi connectivity index (χ4v) is 1.84. The second-order valence-corrected chi connectivity index (χ2v) is 3.69. The van der Waals surface area contributed by atoms with Crippen molar-refractivity contribution < 1.29 is 4.79 Å². The van der Waals surface area contributed by atoms with Crippen LogP contribution in [0.4, 0.5) is 0 Å².